The first-order chi connectivity index (χ1) is 12.4. The summed E-state index contributed by atoms with van der Waals surface area (Å²) >= 11 is 2.88. The Hall–Kier alpha value is -2.06. The smallest absolute Gasteiger partial charge is 0.320 e. The Balaban J connectivity index is 1.60. The number of aromatic nitrogens is 1. The van der Waals surface area contributed by atoms with Crippen LogP contribution in [0.25, 0.3) is 10.2 Å². The number of rotatable bonds is 2. The van der Waals surface area contributed by atoms with E-state index in [0.717, 1.165) is 28.1 Å². The minimum atomic E-state index is -4.36. The molecule has 1 aromatic heterocycles. The lowest BCUT2D eigenvalue weighted by Crippen LogP contribution is -2.30. The highest BCUT2D eigenvalue weighted by atomic mass is 32.2. The van der Waals surface area contributed by atoms with Gasteiger partial charge in [0.05, 0.1) is 15.8 Å². The molecule has 0 aliphatic carbocycles. The number of thiazole rings is 1. The standard InChI is InChI=1S/C18H13F3N2OS2/c19-18(20,21)12-7-5-11(6-8-12)17-23(9-10-25-17)16(24)15-22-13-3-1-2-4-14(13)26-15/h1-8,17H,9-10H2/t17-/m0/s1. The van der Waals surface area contributed by atoms with Gasteiger partial charge in [0, 0.05) is 12.3 Å². The van der Waals surface area contributed by atoms with Crippen LogP contribution in [-0.2, 0) is 6.18 Å². The van der Waals surface area contributed by atoms with Gasteiger partial charge < -0.3 is 4.90 Å². The van der Waals surface area contributed by atoms with Gasteiger partial charge in [-0.2, -0.15) is 13.2 Å². The van der Waals surface area contributed by atoms with Gasteiger partial charge in [-0.25, -0.2) is 4.98 Å². The molecule has 0 spiro atoms. The number of hydrogen-bond donors (Lipinski definition) is 0. The number of fused-ring (bicyclic) bond motifs is 1. The highest BCUT2D eigenvalue weighted by Gasteiger charge is 2.34. The van der Waals surface area contributed by atoms with Gasteiger partial charge in [0.15, 0.2) is 5.01 Å². The van der Waals surface area contributed by atoms with Crippen LogP contribution >= 0.6 is 23.1 Å². The maximum atomic E-state index is 12.9. The molecule has 2 heterocycles. The molecule has 3 aromatic rings. The van der Waals surface area contributed by atoms with Gasteiger partial charge in [0.2, 0.25) is 0 Å². The first kappa shape index (κ1) is 17.4. The van der Waals surface area contributed by atoms with Crippen LogP contribution in [0, 0.1) is 0 Å². The van der Waals surface area contributed by atoms with Crippen LogP contribution < -0.4 is 0 Å². The third-order valence-electron chi connectivity index (χ3n) is 4.15. The third kappa shape index (κ3) is 3.19. The van der Waals surface area contributed by atoms with Crippen LogP contribution in [0.1, 0.15) is 26.3 Å². The number of alkyl halides is 3. The molecular formula is C18H13F3N2OS2. The van der Waals surface area contributed by atoms with E-state index in [1.165, 1.54) is 23.5 Å². The summed E-state index contributed by atoms with van der Waals surface area (Å²) in [7, 11) is 0. The van der Waals surface area contributed by atoms with Crippen molar-refractivity contribution < 1.29 is 18.0 Å². The molecule has 134 valence electrons. The molecule has 1 aliphatic rings. The van der Waals surface area contributed by atoms with Gasteiger partial charge in [-0.1, -0.05) is 24.3 Å². The van der Waals surface area contributed by atoms with Gasteiger partial charge in [0.1, 0.15) is 5.37 Å². The topological polar surface area (TPSA) is 33.2 Å². The Kier molecular flexibility index (Phi) is 4.40. The van der Waals surface area contributed by atoms with Crippen molar-refractivity contribution in [2.24, 2.45) is 0 Å². The van der Waals surface area contributed by atoms with Crippen molar-refractivity contribution in [2.45, 2.75) is 11.6 Å². The number of benzene rings is 2. The van der Waals surface area contributed by atoms with E-state index in [4.69, 9.17) is 0 Å². The molecular weight excluding hydrogens is 381 g/mol. The minimum Gasteiger partial charge on any atom is -0.320 e. The average Bonchev–Trinajstić information content (AvgIpc) is 3.27. The zero-order chi connectivity index (χ0) is 18.3. The molecule has 1 aliphatic heterocycles. The second-order valence-corrected chi connectivity index (χ2v) is 8.05. The summed E-state index contributed by atoms with van der Waals surface area (Å²) < 4.78 is 39.2. The molecule has 2 aromatic carbocycles. The first-order valence-corrected chi connectivity index (χ1v) is 9.75. The third-order valence-corrected chi connectivity index (χ3v) is 6.44. The number of thioether (sulfide) groups is 1. The maximum absolute atomic E-state index is 12.9. The van der Waals surface area contributed by atoms with Gasteiger partial charge in [0.25, 0.3) is 5.91 Å². The minimum absolute atomic E-state index is 0.180. The van der Waals surface area contributed by atoms with Crippen LogP contribution in [-0.4, -0.2) is 28.1 Å². The summed E-state index contributed by atoms with van der Waals surface area (Å²) in [5.41, 5.74) is 0.780. The summed E-state index contributed by atoms with van der Waals surface area (Å²) in [6, 6.07) is 12.6. The molecule has 1 fully saturated rings. The zero-order valence-corrected chi connectivity index (χ0v) is 15.0. The number of halogens is 3. The number of para-hydroxylation sites is 1. The molecule has 0 N–H and O–H groups in total. The maximum Gasteiger partial charge on any atom is 0.416 e. The Morgan fingerprint density at radius 3 is 2.54 bits per heavy atom. The van der Waals surface area contributed by atoms with Crippen molar-refractivity contribution >= 4 is 39.2 Å². The molecule has 0 bridgehead atoms. The van der Waals surface area contributed by atoms with E-state index < -0.39 is 11.7 Å². The summed E-state index contributed by atoms with van der Waals surface area (Å²) in [4.78, 5) is 19.0. The van der Waals surface area contributed by atoms with Crippen molar-refractivity contribution in [2.75, 3.05) is 12.3 Å². The number of hydrogen-bond acceptors (Lipinski definition) is 4. The van der Waals surface area contributed by atoms with Crippen molar-refractivity contribution in [1.29, 1.82) is 0 Å². The van der Waals surface area contributed by atoms with Crippen LogP contribution in [0.5, 0.6) is 0 Å². The lowest BCUT2D eigenvalue weighted by molar-refractivity contribution is -0.137. The van der Waals surface area contributed by atoms with E-state index in [-0.39, 0.29) is 11.3 Å². The predicted octanol–water partition coefficient (Wildman–Crippen LogP) is 5.20. The monoisotopic (exact) mass is 394 g/mol. The fraction of sp³-hybridized carbons (Fsp3) is 0.222. The number of nitrogens with zero attached hydrogens (tertiary/aromatic N) is 2. The molecule has 0 saturated carbocycles. The Morgan fingerprint density at radius 1 is 1.12 bits per heavy atom. The highest BCUT2D eigenvalue weighted by molar-refractivity contribution is 7.99. The Labute approximate surface area is 155 Å². The molecule has 0 radical (unpaired) electrons. The van der Waals surface area contributed by atoms with Crippen molar-refractivity contribution in [1.82, 2.24) is 9.88 Å². The molecule has 3 nitrogen and oxygen atoms in total. The second-order valence-electron chi connectivity index (χ2n) is 5.83. The summed E-state index contributed by atoms with van der Waals surface area (Å²) in [6.45, 7) is 0.547. The zero-order valence-electron chi connectivity index (χ0n) is 13.4. The molecule has 1 atom stereocenters. The average molecular weight is 394 g/mol. The van der Waals surface area contributed by atoms with Crippen LogP contribution in [0.3, 0.4) is 0 Å². The number of amides is 1. The SMILES string of the molecule is O=C(c1nc2ccccc2s1)N1CCS[C@H]1c1ccc(C(F)(F)F)cc1. The second kappa shape index (κ2) is 6.59. The van der Waals surface area contributed by atoms with E-state index in [9.17, 15) is 18.0 Å². The van der Waals surface area contributed by atoms with E-state index in [2.05, 4.69) is 4.98 Å². The normalized spacial score (nSPS) is 17.8. The highest BCUT2D eigenvalue weighted by Crippen LogP contribution is 2.40. The molecule has 1 saturated heterocycles. The van der Waals surface area contributed by atoms with E-state index in [0.29, 0.717) is 17.1 Å². The van der Waals surface area contributed by atoms with Crippen molar-refractivity contribution in [3.8, 4) is 0 Å². The molecule has 26 heavy (non-hydrogen) atoms. The van der Waals surface area contributed by atoms with Crippen molar-refractivity contribution in [3.05, 3.63) is 64.7 Å². The fourth-order valence-electron chi connectivity index (χ4n) is 2.88. The van der Waals surface area contributed by atoms with E-state index >= 15 is 0 Å². The van der Waals surface area contributed by atoms with Crippen LogP contribution in [0.15, 0.2) is 48.5 Å². The van der Waals surface area contributed by atoms with Gasteiger partial charge in [-0.15, -0.1) is 23.1 Å². The lowest BCUT2D eigenvalue weighted by atomic mass is 10.1. The van der Waals surface area contributed by atoms with Crippen molar-refractivity contribution in [3.63, 3.8) is 0 Å². The summed E-state index contributed by atoms with van der Waals surface area (Å²) in [5.74, 6) is 0.559. The quantitative estimate of drug-likeness (QED) is 0.599. The van der Waals surface area contributed by atoms with Gasteiger partial charge in [-0.05, 0) is 29.8 Å². The fourth-order valence-corrected chi connectivity index (χ4v) is 5.06. The molecule has 1 amide bonds. The number of carbonyl (C=O) groups excluding carboxylic acids is 1. The van der Waals surface area contributed by atoms with Gasteiger partial charge in [-0.3, -0.25) is 4.79 Å². The lowest BCUT2D eigenvalue weighted by Gasteiger charge is -2.23. The predicted molar refractivity (Wildman–Crippen MR) is 97.3 cm³/mol. The van der Waals surface area contributed by atoms with E-state index in [1.807, 2.05) is 24.3 Å². The number of carbonyl (C=O) groups is 1. The van der Waals surface area contributed by atoms with Gasteiger partial charge >= 0.3 is 6.18 Å². The Morgan fingerprint density at radius 2 is 1.85 bits per heavy atom. The molecule has 8 heteroatoms. The summed E-state index contributed by atoms with van der Waals surface area (Å²) in [5, 5.41) is 0.113. The summed E-state index contributed by atoms with van der Waals surface area (Å²) in [6.07, 6.45) is -4.36. The first-order valence-electron chi connectivity index (χ1n) is 7.89. The Bertz CT molecular complexity index is 920. The van der Waals surface area contributed by atoms with Crippen LogP contribution in [0.4, 0.5) is 13.2 Å². The largest absolute Gasteiger partial charge is 0.416 e. The molecule has 4 rings (SSSR count). The van der Waals surface area contributed by atoms with E-state index in [1.54, 1.807) is 16.7 Å². The molecule has 0 unspecified atom stereocenters. The van der Waals surface area contributed by atoms with Crippen LogP contribution in [0.2, 0.25) is 0 Å².